The molecule has 1 aliphatic heterocycles. The summed E-state index contributed by atoms with van der Waals surface area (Å²) in [7, 11) is 3.62. The summed E-state index contributed by atoms with van der Waals surface area (Å²) in [5.74, 6) is -0.246. The van der Waals surface area contributed by atoms with E-state index in [1.807, 2.05) is 43.4 Å². The van der Waals surface area contributed by atoms with Crippen LogP contribution in [0.2, 0.25) is 5.02 Å². The molecule has 2 unspecified atom stereocenters. The zero-order chi connectivity index (χ0) is 22.2. The van der Waals surface area contributed by atoms with Gasteiger partial charge in [0.1, 0.15) is 0 Å². The molecule has 2 heterocycles. The molecule has 0 saturated carbocycles. The lowest BCUT2D eigenvalue weighted by Gasteiger charge is -2.25. The maximum atomic E-state index is 13.1. The van der Waals surface area contributed by atoms with Gasteiger partial charge in [0.15, 0.2) is 0 Å². The highest BCUT2D eigenvalue weighted by molar-refractivity contribution is 6.30. The lowest BCUT2D eigenvalue weighted by Crippen LogP contribution is -2.42. The fourth-order valence-electron chi connectivity index (χ4n) is 4.04. The molecule has 0 radical (unpaired) electrons. The van der Waals surface area contributed by atoms with Crippen molar-refractivity contribution in [2.24, 2.45) is 5.92 Å². The first kappa shape index (κ1) is 23.2. The van der Waals surface area contributed by atoms with E-state index in [4.69, 9.17) is 11.6 Å². The lowest BCUT2D eigenvalue weighted by molar-refractivity contribution is -0.140. The Morgan fingerprint density at radius 2 is 2.06 bits per heavy atom. The third-order valence-corrected chi connectivity index (χ3v) is 6.03. The molecule has 1 aliphatic rings. The van der Waals surface area contributed by atoms with E-state index in [2.05, 4.69) is 10.3 Å². The average Bonchev–Trinajstić information content (AvgIpc) is 2.82. The van der Waals surface area contributed by atoms with Gasteiger partial charge in [-0.1, -0.05) is 36.2 Å². The van der Waals surface area contributed by atoms with E-state index < -0.39 is 0 Å². The number of aromatic nitrogens is 1. The number of rotatable bonds is 6. The Kier molecular flexibility index (Phi) is 8.43. The number of amides is 2. The highest BCUT2D eigenvalue weighted by atomic mass is 35.5. The number of likely N-dealkylation sites (N-methyl/N-ethyl adjacent to an activating group) is 1. The Labute approximate surface area is 189 Å². The van der Waals surface area contributed by atoms with Crippen LogP contribution in [0, 0.1) is 5.92 Å². The Bertz CT molecular complexity index is 877. The summed E-state index contributed by atoms with van der Waals surface area (Å²) >= 11 is 6.08. The van der Waals surface area contributed by atoms with Gasteiger partial charge in [-0.15, -0.1) is 0 Å². The van der Waals surface area contributed by atoms with Crippen LogP contribution in [0.1, 0.15) is 36.8 Å². The molecule has 3 rings (SSSR count). The summed E-state index contributed by atoms with van der Waals surface area (Å²) in [5.41, 5.74) is 2.10. The van der Waals surface area contributed by atoms with E-state index in [0.717, 1.165) is 29.0 Å². The maximum Gasteiger partial charge on any atom is 0.226 e. The summed E-state index contributed by atoms with van der Waals surface area (Å²) in [4.78, 5) is 33.4. The number of hydrogen-bond donors (Lipinski definition) is 1. The van der Waals surface area contributed by atoms with Gasteiger partial charge in [0.2, 0.25) is 11.8 Å². The van der Waals surface area contributed by atoms with Crippen molar-refractivity contribution in [3.63, 3.8) is 0 Å². The van der Waals surface area contributed by atoms with E-state index in [1.165, 1.54) is 0 Å². The monoisotopic (exact) mass is 442 g/mol. The van der Waals surface area contributed by atoms with Crippen LogP contribution in [0.4, 0.5) is 0 Å². The molecule has 1 saturated heterocycles. The van der Waals surface area contributed by atoms with Gasteiger partial charge in [-0.05, 0) is 42.2 Å². The second-order valence-corrected chi connectivity index (χ2v) is 8.81. The first-order chi connectivity index (χ1) is 14.9. The number of pyridine rings is 1. The Morgan fingerprint density at radius 1 is 1.26 bits per heavy atom. The second-order valence-electron chi connectivity index (χ2n) is 8.37. The Balaban J connectivity index is 1.59. The SMILES string of the molecule is CN1CC(NCc2cccc(Cl)c2)CCCC(C(=O)N(C)Cc2cccnc2)CC1=O. The number of carbonyl (C=O) groups is 2. The van der Waals surface area contributed by atoms with E-state index in [-0.39, 0.29) is 30.2 Å². The number of benzene rings is 1. The first-order valence-electron chi connectivity index (χ1n) is 10.8. The third-order valence-electron chi connectivity index (χ3n) is 5.80. The van der Waals surface area contributed by atoms with E-state index in [1.54, 1.807) is 29.2 Å². The van der Waals surface area contributed by atoms with Crippen molar-refractivity contribution in [3.05, 3.63) is 64.9 Å². The van der Waals surface area contributed by atoms with Crippen LogP contribution >= 0.6 is 11.6 Å². The van der Waals surface area contributed by atoms with Gasteiger partial charge in [0.25, 0.3) is 0 Å². The van der Waals surface area contributed by atoms with Crippen molar-refractivity contribution in [2.75, 3.05) is 20.6 Å². The topological polar surface area (TPSA) is 65.5 Å². The lowest BCUT2D eigenvalue weighted by atomic mass is 9.95. The zero-order valence-electron chi connectivity index (χ0n) is 18.3. The summed E-state index contributed by atoms with van der Waals surface area (Å²) < 4.78 is 0. The van der Waals surface area contributed by atoms with Crippen LogP contribution in [-0.2, 0) is 22.7 Å². The van der Waals surface area contributed by atoms with Crippen molar-refractivity contribution in [2.45, 2.75) is 44.8 Å². The fourth-order valence-corrected chi connectivity index (χ4v) is 4.26. The molecule has 1 N–H and O–H groups in total. The van der Waals surface area contributed by atoms with Gasteiger partial charge in [-0.2, -0.15) is 0 Å². The summed E-state index contributed by atoms with van der Waals surface area (Å²) in [5, 5.41) is 4.28. The molecule has 0 spiro atoms. The third kappa shape index (κ3) is 7.04. The van der Waals surface area contributed by atoms with Crippen molar-refractivity contribution in [1.29, 1.82) is 0 Å². The highest BCUT2D eigenvalue weighted by Gasteiger charge is 2.28. The average molecular weight is 443 g/mol. The van der Waals surface area contributed by atoms with Gasteiger partial charge >= 0.3 is 0 Å². The fraction of sp³-hybridized carbons (Fsp3) is 0.458. The van der Waals surface area contributed by atoms with Crippen molar-refractivity contribution >= 4 is 23.4 Å². The van der Waals surface area contributed by atoms with E-state index in [9.17, 15) is 9.59 Å². The molecule has 2 atom stereocenters. The Hall–Kier alpha value is -2.44. The number of hydrogen-bond acceptors (Lipinski definition) is 4. The van der Waals surface area contributed by atoms with Crippen LogP contribution in [0.3, 0.4) is 0 Å². The predicted octanol–water partition coefficient (Wildman–Crippen LogP) is 3.50. The largest absolute Gasteiger partial charge is 0.344 e. The van der Waals surface area contributed by atoms with Crippen LogP contribution in [0.25, 0.3) is 0 Å². The number of nitrogens with zero attached hydrogens (tertiary/aromatic N) is 3. The molecule has 0 bridgehead atoms. The summed E-state index contributed by atoms with van der Waals surface area (Å²) in [6.45, 7) is 1.83. The first-order valence-corrected chi connectivity index (χ1v) is 11.2. The van der Waals surface area contributed by atoms with Crippen molar-refractivity contribution in [3.8, 4) is 0 Å². The summed E-state index contributed by atoms with van der Waals surface area (Å²) in [6, 6.07) is 11.8. The smallest absolute Gasteiger partial charge is 0.226 e. The Morgan fingerprint density at radius 3 is 2.81 bits per heavy atom. The number of nitrogens with one attached hydrogen (secondary N) is 1. The van der Waals surface area contributed by atoms with Crippen molar-refractivity contribution in [1.82, 2.24) is 20.1 Å². The maximum absolute atomic E-state index is 13.1. The normalized spacial score (nSPS) is 20.0. The van der Waals surface area contributed by atoms with Crippen LogP contribution in [-0.4, -0.2) is 53.3 Å². The second kappa shape index (κ2) is 11.3. The predicted molar refractivity (Wildman–Crippen MR) is 122 cm³/mol. The van der Waals surface area contributed by atoms with E-state index in [0.29, 0.717) is 26.1 Å². The minimum atomic E-state index is -0.289. The molecule has 166 valence electrons. The summed E-state index contributed by atoms with van der Waals surface area (Å²) in [6.07, 6.45) is 6.26. The number of halogens is 1. The van der Waals surface area contributed by atoms with Crippen molar-refractivity contribution < 1.29 is 9.59 Å². The van der Waals surface area contributed by atoms with Gasteiger partial charge in [0, 0.05) is 69.5 Å². The van der Waals surface area contributed by atoms with E-state index >= 15 is 0 Å². The molecular formula is C24H31ClN4O2. The molecule has 1 fully saturated rings. The van der Waals surface area contributed by atoms with Crippen LogP contribution < -0.4 is 5.32 Å². The van der Waals surface area contributed by atoms with Gasteiger partial charge < -0.3 is 15.1 Å². The van der Waals surface area contributed by atoms with Crippen LogP contribution in [0.15, 0.2) is 48.8 Å². The molecule has 1 aromatic carbocycles. The molecule has 6 nitrogen and oxygen atoms in total. The van der Waals surface area contributed by atoms with Gasteiger partial charge in [-0.25, -0.2) is 0 Å². The molecule has 1 aromatic heterocycles. The van der Waals surface area contributed by atoms with Gasteiger partial charge in [-0.3, -0.25) is 14.6 Å². The highest BCUT2D eigenvalue weighted by Crippen LogP contribution is 2.21. The molecule has 7 heteroatoms. The molecule has 2 aromatic rings. The standard InChI is InChI=1S/C24H31ClN4O2/c1-28-17-22(27-15-18-6-3-9-21(25)12-18)10-4-8-20(13-23(28)30)24(31)29(2)16-19-7-5-11-26-14-19/h3,5-7,9,11-12,14,20,22,27H,4,8,10,13,15-17H2,1-2H3. The zero-order valence-corrected chi connectivity index (χ0v) is 19.0. The minimum Gasteiger partial charge on any atom is -0.344 e. The molecule has 2 amide bonds. The molecule has 31 heavy (non-hydrogen) atoms. The quantitative estimate of drug-likeness (QED) is 0.743. The molecule has 0 aliphatic carbocycles. The number of carbonyl (C=O) groups excluding carboxylic acids is 2. The minimum absolute atomic E-state index is 0.0181. The molecular weight excluding hydrogens is 412 g/mol. The van der Waals surface area contributed by atoms with Crippen LogP contribution in [0.5, 0.6) is 0 Å². The van der Waals surface area contributed by atoms with Gasteiger partial charge in [0.05, 0.1) is 0 Å².